The zero-order valence-corrected chi connectivity index (χ0v) is 10.7. The maximum Gasteiger partial charge on any atom is 0.0188 e. The van der Waals surface area contributed by atoms with Gasteiger partial charge < -0.3 is 11.1 Å². The van der Waals surface area contributed by atoms with Gasteiger partial charge in [-0.15, -0.1) is 0 Å². The van der Waals surface area contributed by atoms with E-state index in [0.717, 1.165) is 13.1 Å². The van der Waals surface area contributed by atoms with E-state index in [-0.39, 0.29) is 6.04 Å². The lowest BCUT2D eigenvalue weighted by Crippen LogP contribution is -2.40. The van der Waals surface area contributed by atoms with Crippen LogP contribution in [0.2, 0.25) is 0 Å². The number of nitrogens with one attached hydrogen (secondary N) is 1. The lowest BCUT2D eigenvalue weighted by Gasteiger charge is -2.28. The minimum Gasteiger partial charge on any atom is -0.326 e. The molecule has 0 radical (unpaired) electrons. The van der Waals surface area contributed by atoms with Crippen LogP contribution in [0.15, 0.2) is 0 Å². The highest BCUT2D eigenvalue weighted by Gasteiger charge is 2.19. The van der Waals surface area contributed by atoms with E-state index in [1.165, 1.54) is 0 Å². The third-order valence-electron chi connectivity index (χ3n) is 3.17. The SMILES string of the molecule is CC(C)C(N)CNCC(C)C(C)(C)C. The van der Waals surface area contributed by atoms with Crippen molar-refractivity contribution in [3.05, 3.63) is 0 Å². The topological polar surface area (TPSA) is 38.0 Å². The van der Waals surface area contributed by atoms with Crippen LogP contribution >= 0.6 is 0 Å². The van der Waals surface area contributed by atoms with E-state index in [2.05, 4.69) is 46.9 Å². The first kappa shape index (κ1) is 13.9. The highest BCUT2D eigenvalue weighted by molar-refractivity contribution is 4.74. The largest absolute Gasteiger partial charge is 0.326 e. The van der Waals surface area contributed by atoms with Crippen molar-refractivity contribution >= 4 is 0 Å². The van der Waals surface area contributed by atoms with Gasteiger partial charge in [0.1, 0.15) is 0 Å². The number of hydrogen-bond donors (Lipinski definition) is 2. The van der Waals surface area contributed by atoms with Crippen molar-refractivity contribution in [2.45, 2.75) is 47.6 Å². The fraction of sp³-hybridized carbons (Fsp3) is 1.00. The van der Waals surface area contributed by atoms with Gasteiger partial charge in [-0.25, -0.2) is 0 Å². The second-order valence-electron chi connectivity index (χ2n) is 5.83. The lowest BCUT2D eigenvalue weighted by atomic mass is 9.82. The zero-order chi connectivity index (χ0) is 11.4. The maximum atomic E-state index is 5.95. The molecule has 2 heteroatoms. The summed E-state index contributed by atoms with van der Waals surface area (Å²) in [6, 6.07) is 0.280. The number of rotatable bonds is 5. The van der Waals surface area contributed by atoms with Crippen LogP contribution in [0.4, 0.5) is 0 Å². The Hall–Kier alpha value is -0.0800. The van der Waals surface area contributed by atoms with Crippen LogP contribution in [-0.4, -0.2) is 19.1 Å². The smallest absolute Gasteiger partial charge is 0.0188 e. The summed E-state index contributed by atoms with van der Waals surface area (Å²) in [6.45, 7) is 15.4. The molecule has 2 unspecified atom stereocenters. The standard InChI is InChI=1S/C12H28N2/c1-9(2)11(13)8-14-7-10(3)12(4,5)6/h9-11,14H,7-8,13H2,1-6H3. The highest BCUT2D eigenvalue weighted by Crippen LogP contribution is 2.24. The Morgan fingerprint density at radius 1 is 1.07 bits per heavy atom. The van der Waals surface area contributed by atoms with Crippen molar-refractivity contribution in [2.24, 2.45) is 23.0 Å². The molecule has 0 aromatic carbocycles. The van der Waals surface area contributed by atoms with Crippen LogP contribution in [0.1, 0.15) is 41.5 Å². The Morgan fingerprint density at radius 3 is 1.93 bits per heavy atom. The summed E-state index contributed by atoms with van der Waals surface area (Å²) in [6.07, 6.45) is 0. The van der Waals surface area contributed by atoms with E-state index in [0.29, 0.717) is 17.3 Å². The predicted molar refractivity (Wildman–Crippen MR) is 64.3 cm³/mol. The first-order valence-electron chi connectivity index (χ1n) is 5.71. The molecule has 2 nitrogen and oxygen atoms in total. The molecule has 86 valence electrons. The summed E-state index contributed by atoms with van der Waals surface area (Å²) in [5, 5.41) is 3.45. The summed E-state index contributed by atoms with van der Waals surface area (Å²) in [4.78, 5) is 0. The molecule has 0 bridgehead atoms. The molecule has 0 aromatic heterocycles. The van der Waals surface area contributed by atoms with Gasteiger partial charge in [0.2, 0.25) is 0 Å². The molecule has 0 heterocycles. The van der Waals surface area contributed by atoms with Crippen molar-refractivity contribution < 1.29 is 0 Å². The van der Waals surface area contributed by atoms with Crippen molar-refractivity contribution in [1.82, 2.24) is 5.32 Å². The molecule has 0 aliphatic carbocycles. The molecule has 0 fully saturated rings. The van der Waals surface area contributed by atoms with E-state index in [1.807, 2.05) is 0 Å². The van der Waals surface area contributed by atoms with Crippen LogP contribution in [0.5, 0.6) is 0 Å². The minimum absolute atomic E-state index is 0.280. The van der Waals surface area contributed by atoms with E-state index in [4.69, 9.17) is 5.73 Å². The Morgan fingerprint density at radius 2 is 1.57 bits per heavy atom. The van der Waals surface area contributed by atoms with Crippen LogP contribution in [0.3, 0.4) is 0 Å². The molecule has 0 rings (SSSR count). The molecule has 3 N–H and O–H groups in total. The fourth-order valence-electron chi connectivity index (χ4n) is 1.01. The molecule has 0 spiro atoms. The summed E-state index contributed by atoms with van der Waals surface area (Å²) < 4.78 is 0. The maximum absolute atomic E-state index is 5.95. The molecule has 14 heavy (non-hydrogen) atoms. The molecule has 0 aromatic rings. The van der Waals surface area contributed by atoms with Gasteiger partial charge in [-0.3, -0.25) is 0 Å². The van der Waals surface area contributed by atoms with Crippen LogP contribution in [0.25, 0.3) is 0 Å². The van der Waals surface area contributed by atoms with Crippen molar-refractivity contribution in [3.8, 4) is 0 Å². The van der Waals surface area contributed by atoms with E-state index in [9.17, 15) is 0 Å². The lowest BCUT2D eigenvalue weighted by molar-refractivity contribution is 0.250. The fourth-order valence-corrected chi connectivity index (χ4v) is 1.01. The summed E-state index contributed by atoms with van der Waals surface area (Å²) in [5.41, 5.74) is 6.33. The third-order valence-corrected chi connectivity index (χ3v) is 3.17. The van der Waals surface area contributed by atoms with Gasteiger partial charge in [-0.1, -0.05) is 41.5 Å². The van der Waals surface area contributed by atoms with Crippen molar-refractivity contribution in [3.63, 3.8) is 0 Å². The van der Waals surface area contributed by atoms with Crippen molar-refractivity contribution in [2.75, 3.05) is 13.1 Å². The zero-order valence-electron chi connectivity index (χ0n) is 10.7. The van der Waals surface area contributed by atoms with Crippen LogP contribution < -0.4 is 11.1 Å². The van der Waals surface area contributed by atoms with Crippen molar-refractivity contribution in [1.29, 1.82) is 0 Å². The van der Waals surface area contributed by atoms with Gasteiger partial charge in [-0.05, 0) is 23.8 Å². The summed E-state index contributed by atoms with van der Waals surface area (Å²) >= 11 is 0. The molecule has 2 atom stereocenters. The van der Waals surface area contributed by atoms with Gasteiger partial charge in [0, 0.05) is 12.6 Å². The molecule has 0 aliphatic heterocycles. The molecule has 0 saturated carbocycles. The van der Waals surface area contributed by atoms with Gasteiger partial charge in [-0.2, -0.15) is 0 Å². The first-order valence-corrected chi connectivity index (χ1v) is 5.71. The van der Waals surface area contributed by atoms with Crippen LogP contribution in [-0.2, 0) is 0 Å². The molecule has 0 saturated heterocycles. The average Bonchev–Trinajstić information content (AvgIpc) is 2.01. The molecule has 0 aliphatic rings. The Balaban J connectivity index is 3.65. The third kappa shape index (κ3) is 5.61. The number of nitrogens with two attached hydrogens (primary N) is 1. The second-order valence-corrected chi connectivity index (χ2v) is 5.83. The second kappa shape index (κ2) is 5.72. The first-order chi connectivity index (χ1) is 6.25. The molecular formula is C12H28N2. The van der Waals surface area contributed by atoms with E-state index in [1.54, 1.807) is 0 Å². The minimum atomic E-state index is 0.280. The van der Waals surface area contributed by atoms with Gasteiger partial charge in [0.25, 0.3) is 0 Å². The van der Waals surface area contributed by atoms with Crippen LogP contribution in [0, 0.1) is 17.3 Å². The number of hydrogen-bond acceptors (Lipinski definition) is 2. The van der Waals surface area contributed by atoms with Gasteiger partial charge in [0.05, 0.1) is 0 Å². The summed E-state index contributed by atoms with van der Waals surface area (Å²) in [7, 11) is 0. The van der Waals surface area contributed by atoms with Gasteiger partial charge >= 0.3 is 0 Å². The average molecular weight is 200 g/mol. The van der Waals surface area contributed by atoms with Gasteiger partial charge in [0.15, 0.2) is 0 Å². The predicted octanol–water partition coefficient (Wildman–Crippen LogP) is 2.24. The Kier molecular flexibility index (Phi) is 5.68. The highest BCUT2D eigenvalue weighted by atomic mass is 14.9. The van der Waals surface area contributed by atoms with E-state index >= 15 is 0 Å². The monoisotopic (exact) mass is 200 g/mol. The normalized spacial score (nSPS) is 17.1. The quantitative estimate of drug-likeness (QED) is 0.714. The summed E-state index contributed by atoms with van der Waals surface area (Å²) in [5.74, 6) is 1.24. The molecule has 0 amide bonds. The Bertz CT molecular complexity index is 147. The Labute approximate surface area is 89.6 Å². The van der Waals surface area contributed by atoms with E-state index < -0.39 is 0 Å². The molecular weight excluding hydrogens is 172 g/mol.